The first-order chi connectivity index (χ1) is 12.8. The standard InChI is InChI=1S/C21H23F3N2O/c1-13-4-3-5-16(10-13)14(2)26-20(27)19-12-25-11-18(19)15-6-8-17(9-7-15)21(22,23)24/h3-10,14,18-19,25H,11-12H2,1-2H3,(H,26,27)/t14-,18-,19+/m0/s1. The van der Waals surface area contributed by atoms with Crippen LogP contribution >= 0.6 is 0 Å². The lowest BCUT2D eigenvalue weighted by molar-refractivity contribution is -0.137. The maximum Gasteiger partial charge on any atom is 0.416 e. The minimum Gasteiger partial charge on any atom is -0.349 e. The number of benzene rings is 2. The summed E-state index contributed by atoms with van der Waals surface area (Å²) in [5.74, 6) is -0.537. The Hall–Kier alpha value is -2.34. The highest BCUT2D eigenvalue weighted by Crippen LogP contribution is 2.33. The zero-order valence-electron chi connectivity index (χ0n) is 15.3. The van der Waals surface area contributed by atoms with Gasteiger partial charge in [-0.2, -0.15) is 13.2 Å². The Bertz CT molecular complexity index is 802. The molecule has 2 aromatic carbocycles. The molecule has 0 radical (unpaired) electrons. The monoisotopic (exact) mass is 376 g/mol. The average Bonchev–Trinajstić information content (AvgIpc) is 3.11. The van der Waals surface area contributed by atoms with Crippen LogP contribution in [0.25, 0.3) is 0 Å². The number of rotatable bonds is 4. The topological polar surface area (TPSA) is 41.1 Å². The number of amides is 1. The molecule has 3 rings (SSSR count). The first-order valence-electron chi connectivity index (χ1n) is 9.00. The van der Waals surface area contributed by atoms with Crippen LogP contribution in [-0.4, -0.2) is 19.0 Å². The zero-order valence-corrected chi connectivity index (χ0v) is 15.3. The van der Waals surface area contributed by atoms with Crippen molar-refractivity contribution in [3.8, 4) is 0 Å². The predicted molar refractivity (Wildman–Crippen MR) is 98.3 cm³/mol. The smallest absolute Gasteiger partial charge is 0.349 e. The molecule has 0 unspecified atom stereocenters. The van der Waals surface area contributed by atoms with Crippen molar-refractivity contribution in [2.45, 2.75) is 32.0 Å². The number of hydrogen-bond acceptors (Lipinski definition) is 2. The fourth-order valence-corrected chi connectivity index (χ4v) is 3.57. The summed E-state index contributed by atoms with van der Waals surface area (Å²) in [6, 6.07) is 12.9. The van der Waals surface area contributed by atoms with Crippen molar-refractivity contribution in [3.05, 3.63) is 70.8 Å². The van der Waals surface area contributed by atoms with E-state index in [1.54, 1.807) is 0 Å². The molecule has 6 heteroatoms. The average molecular weight is 376 g/mol. The Morgan fingerprint density at radius 1 is 1.15 bits per heavy atom. The van der Waals surface area contributed by atoms with Gasteiger partial charge < -0.3 is 10.6 Å². The summed E-state index contributed by atoms with van der Waals surface area (Å²) in [7, 11) is 0. The Balaban J connectivity index is 1.71. The number of hydrogen-bond donors (Lipinski definition) is 2. The fraction of sp³-hybridized carbons (Fsp3) is 0.381. The molecule has 144 valence electrons. The van der Waals surface area contributed by atoms with Crippen molar-refractivity contribution in [2.75, 3.05) is 13.1 Å². The van der Waals surface area contributed by atoms with Crippen LogP contribution in [-0.2, 0) is 11.0 Å². The lowest BCUT2D eigenvalue weighted by Crippen LogP contribution is -2.36. The molecule has 1 saturated heterocycles. The van der Waals surface area contributed by atoms with Crippen LogP contribution in [0.3, 0.4) is 0 Å². The molecule has 0 aliphatic carbocycles. The van der Waals surface area contributed by atoms with Crippen LogP contribution in [0.15, 0.2) is 48.5 Å². The van der Waals surface area contributed by atoms with E-state index in [0.29, 0.717) is 13.1 Å². The Morgan fingerprint density at radius 3 is 2.48 bits per heavy atom. The second-order valence-corrected chi connectivity index (χ2v) is 7.14. The van der Waals surface area contributed by atoms with Gasteiger partial charge in [0.1, 0.15) is 0 Å². The Kier molecular flexibility index (Phi) is 5.56. The van der Waals surface area contributed by atoms with E-state index in [2.05, 4.69) is 10.6 Å². The van der Waals surface area contributed by atoms with Crippen molar-refractivity contribution in [3.63, 3.8) is 0 Å². The van der Waals surface area contributed by atoms with E-state index in [4.69, 9.17) is 0 Å². The van der Waals surface area contributed by atoms with Crippen molar-refractivity contribution in [1.82, 2.24) is 10.6 Å². The third-order valence-corrected chi connectivity index (χ3v) is 5.12. The highest BCUT2D eigenvalue weighted by Gasteiger charge is 2.35. The lowest BCUT2D eigenvalue weighted by atomic mass is 9.87. The highest BCUT2D eigenvalue weighted by atomic mass is 19.4. The molecule has 0 spiro atoms. The first kappa shape index (κ1) is 19.4. The highest BCUT2D eigenvalue weighted by molar-refractivity contribution is 5.81. The number of carbonyl (C=O) groups excluding carboxylic acids is 1. The number of nitrogens with one attached hydrogen (secondary N) is 2. The van der Waals surface area contributed by atoms with Crippen LogP contribution < -0.4 is 10.6 Å². The van der Waals surface area contributed by atoms with Gasteiger partial charge >= 0.3 is 6.18 Å². The van der Waals surface area contributed by atoms with E-state index in [-0.39, 0.29) is 23.8 Å². The minimum absolute atomic E-state index is 0.0843. The summed E-state index contributed by atoms with van der Waals surface area (Å²) in [5.41, 5.74) is 2.22. The quantitative estimate of drug-likeness (QED) is 0.840. The molecular weight excluding hydrogens is 353 g/mol. The number of carbonyl (C=O) groups is 1. The molecular formula is C21H23F3N2O. The summed E-state index contributed by atoms with van der Waals surface area (Å²) in [6.07, 6.45) is -4.35. The van der Waals surface area contributed by atoms with Gasteiger partial charge in [0.15, 0.2) is 0 Å². The minimum atomic E-state index is -4.35. The number of alkyl halides is 3. The van der Waals surface area contributed by atoms with Crippen molar-refractivity contribution in [2.24, 2.45) is 5.92 Å². The van der Waals surface area contributed by atoms with Crippen LogP contribution in [0, 0.1) is 12.8 Å². The van der Waals surface area contributed by atoms with Gasteiger partial charge in [0.05, 0.1) is 17.5 Å². The molecule has 3 atom stereocenters. The SMILES string of the molecule is Cc1cccc([C@H](C)NC(=O)[C@@H]2CNC[C@H]2c2ccc(C(F)(F)F)cc2)c1. The molecule has 27 heavy (non-hydrogen) atoms. The molecule has 1 aliphatic rings. The maximum absolute atomic E-state index is 12.8. The largest absolute Gasteiger partial charge is 0.416 e. The van der Waals surface area contributed by atoms with Crippen LogP contribution in [0.5, 0.6) is 0 Å². The zero-order chi connectivity index (χ0) is 19.6. The van der Waals surface area contributed by atoms with Gasteiger partial charge in [-0.3, -0.25) is 4.79 Å². The van der Waals surface area contributed by atoms with E-state index in [9.17, 15) is 18.0 Å². The van der Waals surface area contributed by atoms with Crippen molar-refractivity contribution in [1.29, 1.82) is 0 Å². The fourth-order valence-electron chi connectivity index (χ4n) is 3.57. The molecule has 1 aliphatic heterocycles. The van der Waals surface area contributed by atoms with E-state index in [1.165, 1.54) is 12.1 Å². The van der Waals surface area contributed by atoms with Crippen LogP contribution in [0.2, 0.25) is 0 Å². The first-order valence-corrected chi connectivity index (χ1v) is 9.00. The molecule has 0 aromatic heterocycles. The lowest BCUT2D eigenvalue weighted by Gasteiger charge is -2.22. The van der Waals surface area contributed by atoms with E-state index >= 15 is 0 Å². The summed E-state index contributed by atoms with van der Waals surface area (Å²) < 4.78 is 38.3. The van der Waals surface area contributed by atoms with Gasteiger partial charge in [-0.1, -0.05) is 42.0 Å². The summed E-state index contributed by atoms with van der Waals surface area (Å²) in [5, 5.41) is 6.23. The second kappa shape index (κ2) is 7.72. The van der Waals surface area contributed by atoms with Crippen molar-refractivity contribution < 1.29 is 18.0 Å². The Labute approximate surface area is 157 Å². The van der Waals surface area contributed by atoms with Gasteiger partial charge in [-0.15, -0.1) is 0 Å². The normalized spacial score (nSPS) is 21.1. The Morgan fingerprint density at radius 2 is 1.85 bits per heavy atom. The maximum atomic E-state index is 12.8. The molecule has 0 bridgehead atoms. The second-order valence-electron chi connectivity index (χ2n) is 7.14. The van der Waals surface area contributed by atoms with Gasteiger partial charge in [0, 0.05) is 19.0 Å². The van der Waals surface area contributed by atoms with Gasteiger partial charge in [-0.05, 0) is 37.1 Å². The van der Waals surface area contributed by atoms with Crippen LogP contribution in [0.4, 0.5) is 13.2 Å². The van der Waals surface area contributed by atoms with E-state index in [0.717, 1.165) is 28.8 Å². The number of aryl methyl sites for hydroxylation is 1. The predicted octanol–water partition coefficient (Wildman–Crippen LogP) is 4.19. The van der Waals surface area contributed by atoms with E-state index in [1.807, 2.05) is 38.1 Å². The summed E-state index contributed by atoms with van der Waals surface area (Å²) in [6.45, 7) is 5.02. The van der Waals surface area contributed by atoms with Crippen molar-refractivity contribution >= 4 is 5.91 Å². The molecule has 3 nitrogen and oxygen atoms in total. The molecule has 0 saturated carbocycles. The van der Waals surface area contributed by atoms with Gasteiger partial charge in [-0.25, -0.2) is 0 Å². The summed E-state index contributed by atoms with van der Waals surface area (Å²) >= 11 is 0. The third-order valence-electron chi connectivity index (χ3n) is 5.12. The molecule has 2 N–H and O–H groups in total. The number of halogens is 3. The molecule has 1 heterocycles. The molecule has 1 amide bonds. The summed E-state index contributed by atoms with van der Waals surface area (Å²) in [4.78, 5) is 12.8. The third kappa shape index (κ3) is 4.50. The van der Waals surface area contributed by atoms with Gasteiger partial charge in [0.25, 0.3) is 0 Å². The molecule has 1 fully saturated rings. The van der Waals surface area contributed by atoms with Crippen LogP contribution in [0.1, 0.15) is 41.1 Å². The van der Waals surface area contributed by atoms with Gasteiger partial charge in [0.2, 0.25) is 5.91 Å². The molecule has 2 aromatic rings. The van der Waals surface area contributed by atoms with E-state index < -0.39 is 11.7 Å².